The van der Waals surface area contributed by atoms with E-state index < -0.39 is 0 Å². The number of thioether (sulfide) groups is 1. The molecule has 0 saturated heterocycles. The molecule has 0 radical (unpaired) electrons. The van der Waals surface area contributed by atoms with Gasteiger partial charge in [-0.05, 0) is 18.4 Å². The fourth-order valence-corrected chi connectivity index (χ4v) is 2.59. The Hall–Kier alpha value is -0.870. The van der Waals surface area contributed by atoms with Crippen LogP contribution >= 0.6 is 23.1 Å². The predicted octanol–water partition coefficient (Wildman–Crippen LogP) is 2.38. The molecule has 0 aliphatic carbocycles. The molecule has 0 saturated carbocycles. The standard InChI is InChI=1S/C9H7NOS2/c1-12-9-10-8(11)6-4-2-3-5-7(6)13-9/h2-5H,1H3. The van der Waals surface area contributed by atoms with Crippen LogP contribution < -0.4 is 5.56 Å². The summed E-state index contributed by atoms with van der Waals surface area (Å²) in [7, 11) is 0. The van der Waals surface area contributed by atoms with E-state index in [1.807, 2.05) is 30.5 Å². The molecular formula is C9H7NOS2. The molecule has 1 aromatic carbocycles. The summed E-state index contributed by atoms with van der Waals surface area (Å²) in [4.78, 5) is 15.4. The van der Waals surface area contributed by atoms with Crippen molar-refractivity contribution < 1.29 is 0 Å². The molecule has 4 heteroatoms. The molecule has 1 aromatic heterocycles. The van der Waals surface area contributed by atoms with E-state index in [0.29, 0.717) is 5.39 Å². The van der Waals surface area contributed by atoms with Crippen LogP contribution in [0.15, 0.2) is 33.4 Å². The van der Waals surface area contributed by atoms with E-state index in [9.17, 15) is 4.79 Å². The van der Waals surface area contributed by atoms with Crippen molar-refractivity contribution in [3.8, 4) is 0 Å². The van der Waals surface area contributed by atoms with Crippen molar-refractivity contribution in [2.75, 3.05) is 6.26 Å². The van der Waals surface area contributed by atoms with Gasteiger partial charge < -0.3 is 0 Å². The van der Waals surface area contributed by atoms with Crippen LogP contribution in [0.5, 0.6) is 0 Å². The topological polar surface area (TPSA) is 30.0 Å². The maximum atomic E-state index is 11.4. The van der Waals surface area contributed by atoms with Crippen LogP contribution in [0.3, 0.4) is 0 Å². The lowest BCUT2D eigenvalue weighted by molar-refractivity contribution is 1.18. The first kappa shape index (κ1) is 8.72. The van der Waals surface area contributed by atoms with Crippen molar-refractivity contribution in [1.82, 2.24) is 4.98 Å². The highest BCUT2D eigenvalue weighted by atomic mass is 32.2. The van der Waals surface area contributed by atoms with Crippen LogP contribution in [0, 0.1) is 0 Å². The summed E-state index contributed by atoms with van der Waals surface area (Å²) in [5.74, 6) is 0. The second-order valence-corrected chi connectivity index (χ2v) is 4.57. The van der Waals surface area contributed by atoms with Crippen LogP contribution in [-0.2, 0) is 0 Å². The molecule has 0 N–H and O–H groups in total. The highest BCUT2D eigenvalue weighted by Crippen LogP contribution is 2.22. The molecule has 0 spiro atoms. The maximum absolute atomic E-state index is 11.4. The first-order valence-electron chi connectivity index (χ1n) is 3.75. The fourth-order valence-electron chi connectivity index (χ4n) is 1.08. The van der Waals surface area contributed by atoms with Crippen molar-refractivity contribution >= 4 is 33.2 Å². The third-order valence-electron chi connectivity index (χ3n) is 1.68. The number of benzene rings is 1. The smallest absolute Gasteiger partial charge is 0.267 e. The Morgan fingerprint density at radius 2 is 2.15 bits per heavy atom. The van der Waals surface area contributed by atoms with Gasteiger partial charge in [0.1, 0.15) is 0 Å². The molecule has 0 atom stereocenters. The molecule has 0 aliphatic heterocycles. The number of fused-ring (bicyclic) bond motifs is 1. The normalized spacial score (nSPS) is 10.5. The Morgan fingerprint density at radius 3 is 2.92 bits per heavy atom. The van der Waals surface area contributed by atoms with E-state index in [1.54, 1.807) is 11.3 Å². The molecule has 0 unspecified atom stereocenters. The van der Waals surface area contributed by atoms with Gasteiger partial charge in [-0.15, -0.1) is 11.3 Å². The Balaban J connectivity index is 2.85. The zero-order chi connectivity index (χ0) is 9.26. The summed E-state index contributed by atoms with van der Waals surface area (Å²) in [5, 5.41) is 0.713. The minimum absolute atomic E-state index is 0.126. The molecule has 2 nitrogen and oxygen atoms in total. The number of hydrogen-bond acceptors (Lipinski definition) is 4. The molecule has 2 rings (SSSR count). The van der Waals surface area contributed by atoms with E-state index >= 15 is 0 Å². The Labute approximate surface area is 83.6 Å². The minimum Gasteiger partial charge on any atom is -0.267 e. The molecule has 66 valence electrons. The molecular weight excluding hydrogens is 202 g/mol. The van der Waals surface area contributed by atoms with E-state index in [2.05, 4.69) is 4.98 Å². The summed E-state index contributed by atoms with van der Waals surface area (Å²) in [6, 6.07) is 7.55. The van der Waals surface area contributed by atoms with Crippen molar-refractivity contribution in [3.63, 3.8) is 0 Å². The van der Waals surface area contributed by atoms with Crippen molar-refractivity contribution in [2.24, 2.45) is 0 Å². The van der Waals surface area contributed by atoms with Gasteiger partial charge >= 0.3 is 0 Å². The minimum atomic E-state index is -0.126. The van der Waals surface area contributed by atoms with Crippen LogP contribution in [0.1, 0.15) is 0 Å². The van der Waals surface area contributed by atoms with Crippen molar-refractivity contribution in [1.29, 1.82) is 0 Å². The highest BCUT2D eigenvalue weighted by molar-refractivity contribution is 8.00. The van der Waals surface area contributed by atoms with E-state index in [4.69, 9.17) is 0 Å². The van der Waals surface area contributed by atoms with Crippen LogP contribution in [0.2, 0.25) is 0 Å². The van der Waals surface area contributed by atoms with Gasteiger partial charge in [0.15, 0.2) is 4.34 Å². The lowest BCUT2D eigenvalue weighted by Gasteiger charge is -1.96. The maximum Gasteiger partial charge on any atom is 0.280 e. The van der Waals surface area contributed by atoms with Gasteiger partial charge in [0, 0.05) is 4.70 Å². The number of aromatic nitrogens is 1. The van der Waals surface area contributed by atoms with E-state index in [1.165, 1.54) is 11.8 Å². The summed E-state index contributed by atoms with van der Waals surface area (Å²) < 4.78 is 1.83. The van der Waals surface area contributed by atoms with Crippen LogP contribution in [-0.4, -0.2) is 11.2 Å². The van der Waals surface area contributed by atoms with Gasteiger partial charge in [0.05, 0.1) is 5.39 Å². The fraction of sp³-hybridized carbons (Fsp3) is 0.111. The second-order valence-electron chi connectivity index (χ2n) is 2.49. The molecule has 0 fully saturated rings. The second kappa shape index (κ2) is 3.47. The zero-order valence-corrected chi connectivity index (χ0v) is 8.61. The van der Waals surface area contributed by atoms with Gasteiger partial charge in [0.2, 0.25) is 0 Å². The van der Waals surface area contributed by atoms with Crippen molar-refractivity contribution in [3.05, 3.63) is 34.6 Å². The largest absolute Gasteiger partial charge is 0.280 e. The number of rotatable bonds is 1. The van der Waals surface area contributed by atoms with Crippen molar-refractivity contribution in [2.45, 2.75) is 4.34 Å². The van der Waals surface area contributed by atoms with Gasteiger partial charge in [-0.25, -0.2) is 0 Å². The summed E-state index contributed by atoms with van der Waals surface area (Å²) >= 11 is 3.06. The monoisotopic (exact) mass is 209 g/mol. The number of nitrogens with zero attached hydrogens (tertiary/aromatic N) is 1. The van der Waals surface area contributed by atoms with E-state index in [0.717, 1.165) is 9.04 Å². The van der Waals surface area contributed by atoms with Gasteiger partial charge in [-0.3, -0.25) is 4.79 Å². The zero-order valence-electron chi connectivity index (χ0n) is 6.98. The molecule has 1 heterocycles. The lowest BCUT2D eigenvalue weighted by atomic mass is 10.3. The molecule has 0 amide bonds. The predicted molar refractivity (Wildman–Crippen MR) is 57.7 cm³/mol. The first-order valence-corrected chi connectivity index (χ1v) is 5.79. The molecule has 2 aromatic rings. The molecule has 0 bridgehead atoms. The van der Waals surface area contributed by atoms with Gasteiger partial charge in [-0.2, -0.15) is 4.98 Å². The third kappa shape index (κ3) is 1.59. The number of hydrogen-bond donors (Lipinski definition) is 0. The average molecular weight is 209 g/mol. The Kier molecular flexibility index (Phi) is 2.33. The van der Waals surface area contributed by atoms with Crippen LogP contribution in [0.4, 0.5) is 0 Å². The summed E-state index contributed by atoms with van der Waals surface area (Å²) in [6.07, 6.45) is 1.92. The molecule has 0 aliphatic rings. The summed E-state index contributed by atoms with van der Waals surface area (Å²) in [6.45, 7) is 0. The average Bonchev–Trinajstić information content (AvgIpc) is 2.18. The summed E-state index contributed by atoms with van der Waals surface area (Å²) in [5.41, 5.74) is -0.126. The van der Waals surface area contributed by atoms with E-state index in [-0.39, 0.29) is 5.56 Å². The quantitative estimate of drug-likeness (QED) is 0.675. The lowest BCUT2D eigenvalue weighted by Crippen LogP contribution is -2.04. The molecule has 13 heavy (non-hydrogen) atoms. The Bertz CT molecular complexity index is 492. The van der Waals surface area contributed by atoms with Crippen LogP contribution in [0.25, 0.3) is 10.1 Å². The van der Waals surface area contributed by atoms with Gasteiger partial charge in [0.25, 0.3) is 5.56 Å². The Morgan fingerprint density at radius 1 is 1.38 bits per heavy atom. The third-order valence-corrected chi connectivity index (χ3v) is 3.71. The SMILES string of the molecule is CSc1nc(=O)c2ccccc2s1. The van der Waals surface area contributed by atoms with Gasteiger partial charge in [-0.1, -0.05) is 23.9 Å². The highest BCUT2D eigenvalue weighted by Gasteiger charge is 2.01. The first-order chi connectivity index (χ1) is 6.31.